The maximum absolute atomic E-state index is 12.2. The molecule has 0 aromatic heterocycles. The minimum Gasteiger partial charge on any atom is -0.434 e. The molecule has 0 saturated heterocycles. The van der Waals surface area contributed by atoms with Crippen molar-refractivity contribution in [2.45, 2.75) is 18.8 Å². The van der Waals surface area contributed by atoms with Crippen LogP contribution in [0, 0.1) is 0 Å². The van der Waals surface area contributed by atoms with Gasteiger partial charge in [-0.2, -0.15) is 8.78 Å². The van der Waals surface area contributed by atoms with E-state index in [4.69, 9.17) is 0 Å². The molecule has 0 radical (unpaired) electrons. The molecule has 90 valence electrons. The molecule has 0 saturated carbocycles. The number of carbonyl (C=O) groups is 1. The summed E-state index contributed by atoms with van der Waals surface area (Å²) < 4.78 is 66.6. The van der Waals surface area contributed by atoms with Crippen LogP contribution in [0.3, 0.4) is 0 Å². The topological polar surface area (TPSA) is 35.5 Å². The first-order valence-corrected chi connectivity index (χ1v) is 3.91. The molecule has 0 fully saturated rings. The molecule has 15 heavy (non-hydrogen) atoms. The van der Waals surface area contributed by atoms with Crippen LogP contribution in [0.1, 0.15) is 6.42 Å². The molecule has 0 aromatic carbocycles. The summed E-state index contributed by atoms with van der Waals surface area (Å²) in [6.07, 6.45) is -5.56. The third kappa shape index (κ3) is 6.08. The summed E-state index contributed by atoms with van der Waals surface area (Å²) in [7, 11) is 0. The number of hydrogen-bond acceptors (Lipinski definition) is 3. The third-order valence-electron chi connectivity index (χ3n) is 1.20. The van der Waals surface area contributed by atoms with E-state index in [1.807, 2.05) is 0 Å². The van der Waals surface area contributed by atoms with Gasteiger partial charge in [0.2, 0.25) is 0 Å². The van der Waals surface area contributed by atoms with Crippen LogP contribution >= 0.6 is 0 Å². The number of ether oxygens (including phenoxy) is 2. The molecule has 0 heterocycles. The molecule has 0 aromatic rings. The Morgan fingerprint density at radius 2 is 1.87 bits per heavy atom. The maximum Gasteiger partial charge on any atom is 0.508 e. The van der Waals surface area contributed by atoms with Gasteiger partial charge in [-0.25, -0.2) is 13.6 Å². The van der Waals surface area contributed by atoms with Crippen molar-refractivity contribution >= 4 is 6.16 Å². The molecule has 0 amide bonds. The van der Waals surface area contributed by atoms with E-state index in [0.717, 1.165) is 0 Å². The standard InChI is InChI=1S/C7H9F5O3/c8-2-1-3-14-6(13)15-4-7(11,12)5(9)10/h5H,1-4H2. The van der Waals surface area contributed by atoms with Crippen LogP contribution in [-0.4, -0.2) is 38.4 Å². The Labute approximate surface area is 82.1 Å². The number of halogens is 5. The smallest absolute Gasteiger partial charge is 0.434 e. The highest BCUT2D eigenvalue weighted by molar-refractivity contribution is 5.59. The van der Waals surface area contributed by atoms with Gasteiger partial charge in [-0.05, 0) is 0 Å². The molecule has 3 nitrogen and oxygen atoms in total. The van der Waals surface area contributed by atoms with E-state index in [1.54, 1.807) is 0 Å². The van der Waals surface area contributed by atoms with Crippen molar-refractivity contribution in [1.82, 2.24) is 0 Å². The Morgan fingerprint density at radius 3 is 2.33 bits per heavy atom. The molecule has 0 N–H and O–H groups in total. The van der Waals surface area contributed by atoms with E-state index in [9.17, 15) is 26.7 Å². The average Bonchev–Trinajstić information content (AvgIpc) is 2.15. The van der Waals surface area contributed by atoms with Crippen molar-refractivity contribution < 1.29 is 36.2 Å². The number of alkyl halides is 5. The molecule has 8 heteroatoms. The second-order valence-electron chi connectivity index (χ2n) is 2.49. The van der Waals surface area contributed by atoms with Gasteiger partial charge in [0.05, 0.1) is 13.3 Å². The molecule has 0 rings (SSSR count). The monoisotopic (exact) mass is 236 g/mol. The summed E-state index contributed by atoms with van der Waals surface area (Å²) in [5.41, 5.74) is 0. The van der Waals surface area contributed by atoms with Crippen molar-refractivity contribution in [2.24, 2.45) is 0 Å². The zero-order valence-corrected chi connectivity index (χ0v) is 7.52. The lowest BCUT2D eigenvalue weighted by Gasteiger charge is -2.14. The van der Waals surface area contributed by atoms with E-state index in [2.05, 4.69) is 9.47 Å². The van der Waals surface area contributed by atoms with Gasteiger partial charge in [0, 0.05) is 6.42 Å². The maximum atomic E-state index is 12.2. The lowest BCUT2D eigenvalue weighted by molar-refractivity contribution is -0.158. The molecule has 0 spiro atoms. The first-order chi connectivity index (χ1) is 6.90. The van der Waals surface area contributed by atoms with Crippen molar-refractivity contribution in [3.63, 3.8) is 0 Å². The van der Waals surface area contributed by atoms with Crippen LogP contribution in [0.5, 0.6) is 0 Å². The molecule has 0 aliphatic rings. The van der Waals surface area contributed by atoms with Crippen LogP contribution in [0.4, 0.5) is 26.7 Å². The fourth-order valence-corrected chi connectivity index (χ4v) is 0.470. The van der Waals surface area contributed by atoms with Gasteiger partial charge in [-0.1, -0.05) is 0 Å². The Kier molecular flexibility index (Phi) is 5.95. The van der Waals surface area contributed by atoms with Crippen molar-refractivity contribution in [1.29, 1.82) is 0 Å². The largest absolute Gasteiger partial charge is 0.508 e. The van der Waals surface area contributed by atoms with E-state index in [-0.39, 0.29) is 13.0 Å². The molecule has 0 atom stereocenters. The molecule has 0 aliphatic heterocycles. The number of rotatable bonds is 6. The number of carbonyl (C=O) groups excluding carboxylic acids is 1. The Morgan fingerprint density at radius 1 is 1.27 bits per heavy atom. The normalized spacial score (nSPS) is 11.6. The first kappa shape index (κ1) is 13.9. The third-order valence-corrected chi connectivity index (χ3v) is 1.20. The Bertz CT molecular complexity index is 197. The second-order valence-corrected chi connectivity index (χ2v) is 2.49. The van der Waals surface area contributed by atoms with Crippen LogP contribution in [0.25, 0.3) is 0 Å². The highest BCUT2D eigenvalue weighted by Gasteiger charge is 2.42. The summed E-state index contributed by atoms with van der Waals surface area (Å²) in [6.45, 7) is -2.87. The zero-order chi connectivity index (χ0) is 11.9. The zero-order valence-electron chi connectivity index (χ0n) is 7.52. The summed E-state index contributed by atoms with van der Waals surface area (Å²) in [5, 5.41) is 0. The van der Waals surface area contributed by atoms with Gasteiger partial charge >= 0.3 is 18.5 Å². The number of hydrogen-bond donors (Lipinski definition) is 0. The van der Waals surface area contributed by atoms with Crippen molar-refractivity contribution in [3.8, 4) is 0 Å². The summed E-state index contributed by atoms with van der Waals surface area (Å²) >= 11 is 0. The lowest BCUT2D eigenvalue weighted by Crippen LogP contribution is -2.33. The van der Waals surface area contributed by atoms with Gasteiger partial charge in [-0.15, -0.1) is 0 Å². The minimum atomic E-state index is -4.40. The fraction of sp³-hybridized carbons (Fsp3) is 0.857. The highest BCUT2D eigenvalue weighted by Crippen LogP contribution is 2.22. The Hall–Kier alpha value is -1.08. The SMILES string of the molecule is O=C(OCCCF)OCC(F)(F)C(F)F. The van der Waals surface area contributed by atoms with E-state index >= 15 is 0 Å². The quantitative estimate of drug-likeness (QED) is 0.403. The molecular weight excluding hydrogens is 227 g/mol. The van der Waals surface area contributed by atoms with Gasteiger partial charge in [0.25, 0.3) is 0 Å². The fourth-order valence-electron chi connectivity index (χ4n) is 0.470. The van der Waals surface area contributed by atoms with Gasteiger partial charge < -0.3 is 9.47 Å². The van der Waals surface area contributed by atoms with Crippen LogP contribution < -0.4 is 0 Å². The van der Waals surface area contributed by atoms with E-state index in [1.165, 1.54) is 0 Å². The van der Waals surface area contributed by atoms with Crippen LogP contribution in [-0.2, 0) is 9.47 Å². The lowest BCUT2D eigenvalue weighted by atomic mass is 10.4. The van der Waals surface area contributed by atoms with Gasteiger partial charge in [0.1, 0.15) is 0 Å². The summed E-state index contributed by atoms with van der Waals surface area (Å²) in [6, 6.07) is 0. The van der Waals surface area contributed by atoms with Gasteiger partial charge in [0.15, 0.2) is 6.61 Å². The van der Waals surface area contributed by atoms with Crippen LogP contribution in [0.15, 0.2) is 0 Å². The minimum absolute atomic E-state index is 0.111. The molecule has 0 unspecified atom stereocenters. The van der Waals surface area contributed by atoms with E-state index < -0.39 is 31.8 Å². The predicted molar refractivity (Wildman–Crippen MR) is 38.8 cm³/mol. The molecule has 0 bridgehead atoms. The molecule has 0 aliphatic carbocycles. The van der Waals surface area contributed by atoms with Crippen LogP contribution in [0.2, 0.25) is 0 Å². The second kappa shape index (κ2) is 6.41. The summed E-state index contributed by atoms with van der Waals surface area (Å²) in [5.74, 6) is -4.40. The average molecular weight is 236 g/mol. The predicted octanol–water partition coefficient (Wildman–Crippen LogP) is 2.40. The van der Waals surface area contributed by atoms with Crippen molar-refractivity contribution in [2.75, 3.05) is 19.9 Å². The van der Waals surface area contributed by atoms with Crippen molar-refractivity contribution in [3.05, 3.63) is 0 Å². The highest BCUT2D eigenvalue weighted by atomic mass is 19.3. The van der Waals surface area contributed by atoms with E-state index in [0.29, 0.717) is 0 Å². The summed E-state index contributed by atoms with van der Waals surface area (Å²) in [4.78, 5) is 10.4. The first-order valence-electron chi connectivity index (χ1n) is 3.91. The Balaban J connectivity index is 3.71. The van der Waals surface area contributed by atoms with Gasteiger partial charge in [-0.3, -0.25) is 4.39 Å². The molecular formula is C7H9F5O3.